The summed E-state index contributed by atoms with van der Waals surface area (Å²) in [6.45, 7) is 0. The van der Waals surface area contributed by atoms with Crippen molar-refractivity contribution in [2.45, 2.75) is 0 Å². The summed E-state index contributed by atoms with van der Waals surface area (Å²) in [4.78, 5) is 52.4. The number of hydrazine groups is 2. The summed E-state index contributed by atoms with van der Waals surface area (Å²) in [7, 11) is 0.962. The van der Waals surface area contributed by atoms with Gasteiger partial charge in [0.05, 0.1) is 20.5 Å². The summed E-state index contributed by atoms with van der Waals surface area (Å²) < 4.78 is 0. The first-order valence-corrected chi connectivity index (χ1v) is 8.52. The van der Waals surface area contributed by atoms with Crippen LogP contribution in [0, 0.1) is 0 Å². The van der Waals surface area contributed by atoms with Crippen LogP contribution in [0.2, 0.25) is 0 Å². The van der Waals surface area contributed by atoms with E-state index in [4.69, 9.17) is 78.5 Å². The zero-order valence-electron chi connectivity index (χ0n) is 16.9. The van der Waals surface area contributed by atoms with E-state index in [1.165, 1.54) is 6.08 Å². The average Bonchev–Trinajstić information content (AvgIpc) is 2.68. The Morgan fingerprint density at radius 3 is 2.29 bits per heavy atom. The number of nitrogens with zero attached hydrogens (tertiary/aromatic N) is 8. The second kappa shape index (κ2) is 9.20. The molecule has 0 spiro atoms. The molecule has 3 aliphatic rings. The topological polar surface area (TPSA) is 265 Å². The Bertz CT molecular complexity index is 886. The third kappa shape index (κ3) is 5.95. The van der Waals surface area contributed by atoms with Crippen LogP contribution in [0.4, 0.5) is 0 Å². The summed E-state index contributed by atoms with van der Waals surface area (Å²) in [6.07, 6.45) is 2.24. The summed E-state index contributed by atoms with van der Waals surface area (Å²) >= 11 is 0. The van der Waals surface area contributed by atoms with Gasteiger partial charge >= 0.3 is 0 Å². The Morgan fingerprint density at radius 1 is 0.853 bits per heavy atom. The summed E-state index contributed by atoms with van der Waals surface area (Å²) in [5.74, 6) is 27.7. The summed E-state index contributed by atoms with van der Waals surface area (Å²) in [5, 5.41) is 3.83. The summed E-state index contributed by atoms with van der Waals surface area (Å²) in [6, 6.07) is 8.49. The molecule has 6 unspecified atom stereocenters. The monoisotopic (exact) mass is 503 g/mol. The van der Waals surface area contributed by atoms with Crippen molar-refractivity contribution < 1.29 is 79.6 Å². The molecular weight excluding hydrogens is 482 g/mol. The number of nitrogens with two attached hydrogens (primary N) is 5. The number of hydrogen-bond acceptors (Lipinski definition) is 21. The number of hydroxylamine groups is 3. The van der Waals surface area contributed by atoms with Gasteiger partial charge in [-0.15, -0.1) is 19.9 Å². The minimum absolute atomic E-state index is 0.0153. The second-order valence-corrected chi connectivity index (χ2v) is 5.93. The quantitative estimate of drug-likeness (QED) is 0.169. The lowest BCUT2D eigenvalue weighted by atomic mass is 10.2. The van der Waals surface area contributed by atoms with E-state index in [1.54, 1.807) is 30.3 Å². The van der Waals surface area contributed by atoms with E-state index in [0.29, 0.717) is 5.56 Å². The molecule has 0 amide bonds. The largest absolute Gasteiger partial charge is 0.294 e. The predicted octanol–water partition coefficient (Wildman–Crippen LogP) is -4.04. The van der Waals surface area contributed by atoms with Crippen LogP contribution in [0.15, 0.2) is 36.5 Å². The van der Waals surface area contributed by atoms with E-state index >= 15 is 0 Å². The first-order chi connectivity index (χ1) is 15.9. The van der Waals surface area contributed by atoms with E-state index in [1.807, 2.05) is 0 Å². The minimum Gasteiger partial charge on any atom is -0.216 e. The third-order valence-electron chi connectivity index (χ3n) is 3.37. The van der Waals surface area contributed by atoms with Gasteiger partial charge in [0.15, 0.2) is 20.2 Å². The number of fused-ring (bicyclic) bond motifs is 4. The van der Waals surface area contributed by atoms with Crippen LogP contribution in [0.5, 0.6) is 0 Å². The van der Waals surface area contributed by atoms with Crippen LogP contribution in [0.1, 0.15) is 5.56 Å². The molecule has 3 fully saturated rings. The van der Waals surface area contributed by atoms with Crippen molar-refractivity contribution in [2.24, 2.45) is 29.2 Å². The van der Waals surface area contributed by atoms with E-state index in [0.717, 1.165) is 13.3 Å². The van der Waals surface area contributed by atoms with Gasteiger partial charge in [-0.1, -0.05) is 52.8 Å². The second-order valence-electron chi connectivity index (χ2n) is 5.93. The molecule has 4 bridgehead atoms. The van der Waals surface area contributed by atoms with Crippen molar-refractivity contribution in [1.82, 2.24) is 21.5 Å². The van der Waals surface area contributed by atoms with E-state index in [9.17, 15) is 5.21 Å². The molecule has 4 rings (SSSR count). The molecule has 3 aliphatic heterocycles. The molecule has 11 N–H and O–H groups in total. The van der Waals surface area contributed by atoms with Crippen LogP contribution in [-0.4, -0.2) is 54.0 Å². The first kappa shape index (κ1) is 25.1. The van der Waals surface area contributed by atoms with Gasteiger partial charge in [-0.2, -0.15) is 0 Å². The van der Waals surface area contributed by atoms with Crippen LogP contribution in [0.25, 0.3) is 6.08 Å². The molecule has 0 saturated carbocycles. The van der Waals surface area contributed by atoms with Gasteiger partial charge in [0.25, 0.3) is 20.2 Å². The Kier molecular flexibility index (Phi) is 6.78. The number of rotatable bonds is 3. The molecule has 25 heteroatoms. The SMILES string of the molecule is CO[N+]1(N)ON2ON3ON(N)ON(N)O[N+](N)(O3)O[N+](/C=C/c3ccccc3)(O2)O[N+](N)(O)O1. The molecule has 0 radical (unpaired) electrons. The van der Waals surface area contributed by atoms with Crippen LogP contribution in [0.3, 0.4) is 0 Å². The Labute approximate surface area is 186 Å². The van der Waals surface area contributed by atoms with Crippen molar-refractivity contribution in [3.05, 3.63) is 42.1 Å². The molecule has 25 nitrogen and oxygen atoms in total. The lowest BCUT2D eigenvalue weighted by Crippen LogP contribution is -2.77. The smallest absolute Gasteiger partial charge is 0.216 e. The van der Waals surface area contributed by atoms with Crippen LogP contribution in [-0.2, 0) is 54.2 Å². The van der Waals surface area contributed by atoms with E-state index in [2.05, 4.69) is 4.94 Å². The van der Waals surface area contributed by atoms with Gasteiger partial charge < -0.3 is 0 Å². The van der Waals surface area contributed by atoms with Gasteiger partial charge in [0.1, 0.15) is 7.11 Å². The van der Waals surface area contributed by atoms with Gasteiger partial charge in [0, 0.05) is 16.0 Å². The molecule has 3 saturated heterocycles. The van der Waals surface area contributed by atoms with Gasteiger partial charge in [-0.25, -0.2) is 11.7 Å². The van der Waals surface area contributed by atoms with E-state index < -0.39 is 20.2 Å². The maximum absolute atomic E-state index is 10.4. The number of hydrogen-bond donors (Lipinski definition) is 6. The lowest BCUT2D eigenvalue weighted by Gasteiger charge is -2.36. The van der Waals surface area contributed by atoms with Gasteiger partial charge in [-0.05, 0) is 5.56 Å². The molecule has 0 aliphatic carbocycles. The Hall–Kier alpha value is -2.04. The zero-order chi connectivity index (χ0) is 24.6. The highest BCUT2D eigenvalue weighted by Crippen LogP contribution is 2.32. The normalized spacial score (nSPS) is 42.8. The van der Waals surface area contributed by atoms with Gasteiger partial charge in [-0.3, -0.25) is 0 Å². The minimum atomic E-state index is -2.43. The highest BCUT2D eigenvalue weighted by Gasteiger charge is 2.70. The van der Waals surface area contributed by atoms with Crippen molar-refractivity contribution in [3.8, 4) is 0 Å². The van der Waals surface area contributed by atoms with Crippen LogP contribution < -0.4 is 29.2 Å². The number of benzene rings is 1. The Morgan fingerprint density at radius 2 is 1.59 bits per heavy atom. The van der Waals surface area contributed by atoms with Crippen molar-refractivity contribution in [3.63, 3.8) is 0 Å². The highest BCUT2D eigenvalue weighted by atomic mass is 17.6. The average molecular weight is 503 g/mol. The fourth-order valence-electron chi connectivity index (χ4n) is 2.20. The highest BCUT2D eigenvalue weighted by molar-refractivity contribution is 5.47. The molecule has 34 heavy (non-hydrogen) atoms. The fourth-order valence-corrected chi connectivity index (χ4v) is 2.20. The first-order valence-electron chi connectivity index (χ1n) is 8.52. The fraction of sp³-hybridized carbons (Fsp3) is 0.111. The molecule has 1 aromatic carbocycles. The number of quaternary nitrogens is 4. The Balaban J connectivity index is 1.77. The molecule has 3 heterocycles. The molecule has 1 aromatic rings. The molecular formula is C9H21N13O12+4. The molecule has 190 valence electrons. The van der Waals surface area contributed by atoms with Gasteiger partial charge in [0.2, 0.25) is 11.6 Å². The van der Waals surface area contributed by atoms with Crippen LogP contribution >= 0.6 is 0 Å². The van der Waals surface area contributed by atoms with Crippen molar-refractivity contribution in [2.75, 3.05) is 7.11 Å². The molecule has 6 atom stereocenters. The van der Waals surface area contributed by atoms with E-state index in [-0.39, 0.29) is 21.5 Å². The maximum atomic E-state index is 10.4. The predicted molar refractivity (Wildman–Crippen MR) is 84.5 cm³/mol. The van der Waals surface area contributed by atoms with Crippen molar-refractivity contribution in [1.29, 1.82) is 0 Å². The third-order valence-corrected chi connectivity index (χ3v) is 3.37. The summed E-state index contributed by atoms with van der Waals surface area (Å²) in [5.41, 5.74) is 0.545. The maximum Gasteiger partial charge on any atom is 0.294 e. The molecule has 0 aromatic heterocycles. The zero-order valence-corrected chi connectivity index (χ0v) is 16.9. The lowest BCUT2D eigenvalue weighted by molar-refractivity contribution is -1.71. The van der Waals surface area contributed by atoms with Crippen molar-refractivity contribution >= 4 is 6.08 Å². The standard InChI is InChI=1S/C9H21N13O12/c1-24-21(13)31-18-27-17-26-15(10)25-16(11)28-22(14,30-17)33-19(29-18,32-20(12,23)34-21)8-7-9-5-3-2-4-6-9/h2-8,23H,10-14H2,1H3/q+4/b8-7+.